The maximum Gasteiger partial charge on any atom is 0.0441 e. The van der Waals surface area contributed by atoms with Crippen LogP contribution in [-0.4, -0.2) is 4.98 Å². The van der Waals surface area contributed by atoms with Crippen LogP contribution in [0.5, 0.6) is 0 Å². The molecule has 1 heteroatoms. The monoisotopic (exact) mass is 223 g/mol. The summed E-state index contributed by atoms with van der Waals surface area (Å²) in [7, 11) is 0. The van der Waals surface area contributed by atoms with Gasteiger partial charge in [0.25, 0.3) is 0 Å². The van der Waals surface area contributed by atoms with Crippen LogP contribution in [0.2, 0.25) is 0 Å². The number of benzene rings is 1. The lowest BCUT2D eigenvalue weighted by Crippen LogP contribution is -2.06. The Hall–Kier alpha value is -1.63. The summed E-state index contributed by atoms with van der Waals surface area (Å²) < 4.78 is 0. The summed E-state index contributed by atoms with van der Waals surface area (Å²) in [6, 6.07) is 11.0. The molecule has 17 heavy (non-hydrogen) atoms. The minimum atomic E-state index is 1.15. The molecule has 2 aromatic rings. The Morgan fingerprint density at radius 1 is 0.941 bits per heavy atom. The highest BCUT2D eigenvalue weighted by Gasteiger charge is 2.14. The number of rotatable bonds is 1. The van der Waals surface area contributed by atoms with Gasteiger partial charge in [0.2, 0.25) is 0 Å². The molecule has 0 bridgehead atoms. The number of aromatic nitrogens is 1. The molecule has 1 aromatic heterocycles. The zero-order valence-electron chi connectivity index (χ0n) is 10.2. The number of pyridine rings is 1. The molecule has 86 valence electrons. The molecule has 3 rings (SSSR count). The SMILES string of the molecule is Cc1ccc(-c2ccnc3c2CCCC3)cc1. The Labute approximate surface area is 103 Å². The molecule has 0 fully saturated rings. The summed E-state index contributed by atoms with van der Waals surface area (Å²) in [6.07, 6.45) is 6.88. The largest absolute Gasteiger partial charge is 0.261 e. The normalized spacial score (nSPS) is 14.4. The fraction of sp³-hybridized carbons (Fsp3) is 0.312. The second-order valence-electron chi connectivity index (χ2n) is 4.86. The van der Waals surface area contributed by atoms with Crippen molar-refractivity contribution in [1.29, 1.82) is 0 Å². The van der Waals surface area contributed by atoms with Gasteiger partial charge in [0.05, 0.1) is 0 Å². The van der Waals surface area contributed by atoms with Crippen LogP contribution in [0.4, 0.5) is 0 Å². The Morgan fingerprint density at radius 3 is 2.53 bits per heavy atom. The highest BCUT2D eigenvalue weighted by atomic mass is 14.7. The van der Waals surface area contributed by atoms with Crippen LogP contribution in [0.15, 0.2) is 36.5 Å². The molecule has 1 aliphatic rings. The summed E-state index contributed by atoms with van der Waals surface area (Å²) in [5.41, 5.74) is 6.82. The highest BCUT2D eigenvalue weighted by molar-refractivity contribution is 5.68. The molecule has 0 radical (unpaired) electrons. The second kappa shape index (κ2) is 4.33. The minimum Gasteiger partial charge on any atom is -0.261 e. The topological polar surface area (TPSA) is 12.9 Å². The zero-order chi connectivity index (χ0) is 11.7. The summed E-state index contributed by atoms with van der Waals surface area (Å²) in [5, 5.41) is 0. The number of hydrogen-bond donors (Lipinski definition) is 0. The summed E-state index contributed by atoms with van der Waals surface area (Å²) >= 11 is 0. The van der Waals surface area contributed by atoms with Crippen molar-refractivity contribution in [2.24, 2.45) is 0 Å². The standard InChI is InChI=1S/C16H17N/c1-12-6-8-13(9-7-12)14-10-11-17-16-5-3-2-4-15(14)16/h6-11H,2-5H2,1H3. The Balaban J connectivity index is 2.11. The van der Waals surface area contributed by atoms with Crippen LogP contribution < -0.4 is 0 Å². The van der Waals surface area contributed by atoms with Gasteiger partial charge in [-0.05, 0) is 55.4 Å². The third-order valence-electron chi connectivity index (χ3n) is 3.60. The first-order chi connectivity index (χ1) is 8.34. The zero-order valence-corrected chi connectivity index (χ0v) is 10.2. The predicted octanol–water partition coefficient (Wildman–Crippen LogP) is 3.94. The number of nitrogens with zero attached hydrogens (tertiary/aromatic N) is 1. The van der Waals surface area contributed by atoms with Gasteiger partial charge < -0.3 is 0 Å². The average Bonchev–Trinajstić information content (AvgIpc) is 2.39. The van der Waals surface area contributed by atoms with Crippen molar-refractivity contribution >= 4 is 0 Å². The van der Waals surface area contributed by atoms with Crippen molar-refractivity contribution in [3.63, 3.8) is 0 Å². The van der Waals surface area contributed by atoms with E-state index >= 15 is 0 Å². The van der Waals surface area contributed by atoms with Crippen LogP contribution in [0.25, 0.3) is 11.1 Å². The van der Waals surface area contributed by atoms with Gasteiger partial charge in [0, 0.05) is 11.9 Å². The number of hydrogen-bond acceptors (Lipinski definition) is 1. The second-order valence-corrected chi connectivity index (χ2v) is 4.86. The fourth-order valence-electron chi connectivity index (χ4n) is 2.63. The van der Waals surface area contributed by atoms with Crippen molar-refractivity contribution in [3.8, 4) is 11.1 Å². The van der Waals surface area contributed by atoms with E-state index in [1.54, 1.807) is 0 Å². The minimum absolute atomic E-state index is 1.15. The van der Waals surface area contributed by atoms with Crippen LogP contribution in [0.1, 0.15) is 29.7 Å². The molecule has 0 aliphatic heterocycles. The lowest BCUT2D eigenvalue weighted by molar-refractivity contribution is 0.669. The molecule has 0 saturated heterocycles. The van der Waals surface area contributed by atoms with E-state index in [1.807, 2.05) is 6.20 Å². The molecule has 0 spiro atoms. The van der Waals surface area contributed by atoms with Gasteiger partial charge in [-0.15, -0.1) is 0 Å². The smallest absolute Gasteiger partial charge is 0.0441 e. The maximum atomic E-state index is 4.52. The van der Waals surface area contributed by atoms with Gasteiger partial charge in [0.1, 0.15) is 0 Å². The molecule has 0 amide bonds. The van der Waals surface area contributed by atoms with Crippen molar-refractivity contribution < 1.29 is 0 Å². The molecule has 1 heterocycles. The van der Waals surface area contributed by atoms with Gasteiger partial charge in [-0.3, -0.25) is 4.98 Å². The van der Waals surface area contributed by atoms with Crippen molar-refractivity contribution in [2.45, 2.75) is 32.6 Å². The first-order valence-corrected chi connectivity index (χ1v) is 6.38. The van der Waals surface area contributed by atoms with E-state index in [1.165, 1.54) is 47.2 Å². The van der Waals surface area contributed by atoms with E-state index in [0.717, 1.165) is 6.42 Å². The first kappa shape index (κ1) is 10.5. The molecule has 0 N–H and O–H groups in total. The fourth-order valence-corrected chi connectivity index (χ4v) is 2.63. The van der Waals surface area contributed by atoms with Gasteiger partial charge in [-0.25, -0.2) is 0 Å². The molecule has 1 aromatic carbocycles. The van der Waals surface area contributed by atoms with Crippen LogP contribution >= 0.6 is 0 Å². The Kier molecular flexibility index (Phi) is 2.68. The lowest BCUT2D eigenvalue weighted by Gasteiger charge is -2.18. The van der Waals surface area contributed by atoms with Gasteiger partial charge >= 0.3 is 0 Å². The Morgan fingerprint density at radius 2 is 1.71 bits per heavy atom. The number of fused-ring (bicyclic) bond motifs is 1. The Bertz CT molecular complexity index is 526. The molecule has 0 atom stereocenters. The van der Waals surface area contributed by atoms with E-state index in [-0.39, 0.29) is 0 Å². The number of aryl methyl sites for hydroxylation is 2. The van der Waals surface area contributed by atoms with Gasteiger partial charge in [0.15, 0.2) is 0 Å². The lowest BCUT2D eigenvalue weighted by atomic mass is 9.89. The van der Waals surface area contributed by atoms with Crippen LogP contribution in [0.3, 0.4) is 0 Å². The van der Waals surface area contributed by atoms with E-state index in [9.17, 15) is 0 Å². The van der Waals surface area contributed by atoms with Crippen molar-refractivity contribution in [1.82, 2.24) is 4.98 Å². The van der Waals surface area contributed by atoms with Crippen molar-refractivity contribution in [3.05, 3.63) is 53.3 Å². The predicted molar refractivity (Wildman–Crippen MR) is 71.1 cm³/mol. The van der Waals surface area contributed by atoms with E-state index in [4.69, 9.17) is 0 Å². The quantitative estimate of drug-likeness (QED) is 0.713. The average molecular weight is 223 g/mol. The summed E-state index contributed by atoms with van der Waals surface area (Å²) in [5.74, 6) is 0. The highest BCUT2D eigenvalue weighted by Crippen LogP contribution is 2.30. The van der Waals surface area contributed by atoms with Crippen LogP contribution in [0, 0.1) is 6.92 Å². The first-order valence-electron chi connectivity index (χ1n) is 6.38. The summed E-state index contributed by atoms with van der Waals surface area (Å²) in [4.78, 5) is 4.52. The van der Waals surface area contributed by atoms with Crippen molar-refractivity contribution in [2.75, 3.05) is 0 Å². The molecular weight excluding hydrogens is 206 g/mol. The third kappa shape index (κ3) is 1.97. The maximum absolute atomic E-state index is 4.52. The summed E-state index contributed by atoms with van der Waals surface area (Å²) in [6.45, 7) is 2.13. The van der Waals surface area contributed by atoms with E-state index < -0.39 is 0 Å². The molecular formula is C16H17N. The van der Waals surface area contributed by atoms with E-state index in [0.29, 0.717) is 0 Å². The van der Waals surface area contributed by atoms with Crippen LogP contribution in [-0.2, 0) is 12.8 Å². The van der Waals surface area contributed by atoms with Gasteiger partial charge in [-0.2, -0.15) is 0 Å². The van der Waals surface area contributed by atoms with E-state index in [2.05, 4.69) is 42.2 Å². The third-order valence-corrected chi connectivity index (χ3v) is 3.60. The van der Waals surface area contributed by atoms with Gasteiger partial charge in [-0.1, -0.05) is 29.8 Å². The molecule has 1 aliphatic carbocycles. The molecule has 1 nitrogen and oxygen atoms in total. The molecule has 0 saturated carbocycles. The molecule has 0 unspecified atom stereocenters.